The Labute approximate surface area is 240 Å². The van der Waals surface area contributed by atoms with E-state index in [1.165, 1.54) is 21.3 Å². The first-order valence-corrected chi connectivity index (χ1v) is 14.0. The lowest BCUT2D eigenvalue weighted by Crippen LogP contribution is -2.49. The fraction of sp³-hybridized carbons (Fsp3) is 0.364. The molecule has 0 bridgehead atoms. The van der Waals surface area contributed by atoms with Crippen molar-refractivity contribution in [3.8, 4) is 11.5 Å². The maximum atomic E-state index is 13.9. The highest BCUT2D eigenvalue weighted by Crippen LogP contribution is 2.48. The lowest BCUT2D eigenvalue weighted by atomic mass is 9.63. The van der Waals surface area contributed by atoms with Crippen molar-refractivity contribution >= 4 is 17.8 Å². The molecule has 8 heteroatoms. The number of nitrogens with one attached hydrogen (secondary N) is 1. The Hall–Kier alpha value is -4.33. The summed E-state index contributed by atoms with van der Waals surface area (Å²) in [6.45, 7) is 1.08. The Morgan fingerprint density at radius 3 is 2.22 bits per heavy atom. The molecule has 0 radical (unpaired) electrons. The number of hydrogen-bond acceptors (Lipinski definition) is 6. The van der Waals surface area contributed by atoms with Gasteiger partial charge in [-0.25, -0.2) is 0 Å². The number of rotatable bonds is 7. The first-order chi connectivity index (χ1) is 19.9. The van der Waals surface area contributed by atoms with Crippen molar-refractivity contribution in [1.82, 2.24) is 10.2 Å². The first-order valence-electron chi connectivity index (χ1n) is 14.0. The second kappa shape index (κ2) is 12.0. The molecule has 0 spiro atoms. The fourth-order valence-corrected chi connectivity index (χ4v) is 6.42. The standard InChI is InChI=1S/C33H36N2O6/c1-39-28-15-9-13-26(29(28)40-2)30(36)34-23-17-20-35(21-18-23)31(37)25-16-19-33(32(38)41-3,22-10-5-4-6-11-22)27-14-8-7-12-24(25)27/h4-15,23,25H,16-21H2,1-3H3,(H,34,36)/t25-,33+/m1/s1. The minimum atomic E-state index is -0.957. The number of carbonyl (C=O) groups is 3. The number of piperidine rings is 1. The van der Waals surface area contributed by atoms with Gasteiger partial charge in [0.25, 0.3) is 5.91 Å². The van der Waals surface area contributed by atoms with E-state index in [1.54, 1.807) is 18.2 Å². The summed E-state index contributed by atoms with van der Waals surface area (Å²) in [6.07, 6.45) is 2.31. The Kier molecular flexibility index (Phi) is 8.28. The van der Waals surface area contributed by atoms with Crippen LogP contribution in [0.1, 0.15) is 58.6 Å². The fourth-order valence-electron chi connectivity index (χ4n) is 6.42. The van der Waals surface area contributed by atoms with E-state index in [0.717, 1.165) is 16.7 Å². The molecule has 41 heavy (non-hydrogen) atoms. The van der Waals surface area contributed by atoms with Crippen molar-refractivity contribution in [2.75, 3.05) is 34.4 Å². The van der Waals surface area contributed by atoms with Gasteiger partial charge >= 0.3 is 5.97 Å². The van der Waals surface area contributed by atoms with Crippen LogP contribution in [0.15, 0.2) is 72.8 Å². The number of hydrogen-bond donors (Lipinski definition) is 1. The van der Waals surface area contributed by atoms with Crippen LogP contribution in [0.5, 0.6) is 11.5 Å². The van der Waals surface area contributed by atoms with E-state index in [9.17, 15) is 14.4 Å². The van der Waals surface area contributed by atoms with E-state index in [2.05, 4.69) is 5.32 Å². The van der Waals surface area contributed by atoms with Gasteiger partial charge in [-0.05, 0) is 54.5 Å². The van der Waals surface area contributed by atoms with Crippen molar-refractivity contribution in [3.05, 3.63) is 95.1 Å². The molecule has 1 fully saturated rings. The summed E-state index contributed by atoms with van der Waals surface area (Å²) >= 11 is 0. The molecule has 0 unspecified atom stereocenters. The molecule has 2 atom stereocenters. The molecule has 3 aromatic rings. The molecule has 1 aliphatic carbocycles. The molecule has 3 aromatic carbocycles. The Balaban J connectivity index is 1.31. The van der Waals surface area contributed by atoms with E-state index >= 15 is 0 Å². The van der Waals surface area contributed by atoms with Gasteiger partial charge in [-0.2, -0.15) is 0 Å². The maximum Gasteiger partial charge on any atom is 0.320 e. The third kappa shape index (κ3) is 5.14. The first kappa shape index (κ1) is 28.2. The molecule has 0 aromatic heterocycles. The zero-order valence-electron chi connectivity index (χ0n) is 23.7. The van der Waals surface area contributed by atoms with Crippen LogP contribution in [0.4, 0.5) is 0 Å². The summed E-state index contributed by atoms with van der Waals surface area (Å²) in [7, 11) is 4.46. The van der Waals surface area contributed by atoms with Crippen LogP contribution in [0.2, 0.25) is 0 Å². The lowest BCUT2D eigenvalue weighted by Gasteiger charge is -2.42. The summed E-state index contributed by atoms with van der Waals surface area (Å²) < 4.78 is 16.1. The van der Waals surface area contributed by atoms with Crippen molar-refractivity contribution in [2.24, 2.45) is 0 Å². The minimum Gasteiger partial charge on any atom is -0.493 e. The van der Waals surface area contributed by atoms with Crippen LogP contribution < -0.4 is 14.8 Å². The number of amides is 2. The van der Waals surface area contributed by atoms with Crippen molar-refractivity contribution in [2.45, 2.75) is 43.1 Å². The number of ether oxygens (including phenoxy) is 3. The average Bonchev–Trinajstić information content (AvgIpc) is 3.03. The van der Waals surface area contributed by atoms with Crippen molar-refractivity contribution < 1.29 is 28.6 Å². The number of para-hydroxylation sites is 1. The molecule has 214 valence electrons. The normalized spacial score (nSPS) is 20.5. The van der Waals surface area contributed by atoms with Gasteiger partial charge in [0, 0.05) is 19.1 Å². The lowest BCUT2D eigenvalue weighted by molar-refractivity contribution is -0.147. The van der Waals surface area contributed by atoms with Gasteiger partial charge in [-0.15, -0.1) is 0 Å². The number of fused-ring (bicyclic) bond motifs is 1. The molecule has 5 rings (SSSR count). The number of benzene rings is 3. The van der Waals surface area contributed by atoms with Crippen LogP contribution >= 0.6 is 0 Å². The molecule has 1 aliphatic heterocycles. The summed E-state index contributed by atoms with van der Waals surface area (Å²) in [5.74, 6) is 0.0626. The summed E-state index contributed by atoms with van der Waals surface area (Å²) in [5.41, 5.74) is 2.03. The zero-order chi connectivity index (χ0) is 29.0. The molecular formula is C33H36N2O6. The van der Waals surface area contributed by atoms with Gasteiger partial charge < -0.3 is 24.4 Å². The number of nitrogens with zero attached hydrogens (tertiary/aromatic N) is 1. The molecule has 2 amide bonds. The van der Waals surface area contributed by atoms with Crippen molar-refractivity contribution in [3.63, 3.8) is 0 Å². The summed E-state index contributed by atoms with van der Waals surface area (Å²) in [5, 5.41) is 3.10. The monoisotopic (exact) mass is 556 g/mol. The van der Waals surface area contributed by atoms with Crippen LogP contribution in [-0.4, -0.2) is 63.1 Å². The molecule has 1 N–H and O–H groups in total. The van der Waals surface area contributed by atoms with Gasteiger partial charge in [0.15, 0.2) is 11.5 Å². The highest BCUT2D eigenvalue weighted by Gasteiger charge is 2.49. The van der Waals surface area contributed by atoms with E-state index in [-0.39, 0.29) is 29.7 Å². The molecule has 0 saturated carbocycles. The predicted octanol–water partition coefficient (Wildman–Crippen LogP) is 4.46. The maximum absolute atomic E-state index is 13.9. The van der Waals surface area contributed by atoms with Gasteiger partial charge in [0.1, 0.15) is 5.41 Å². The van der Waals surface area contributed by atoms with Gasteiger partial charge in [0.2, 0.25) is 5.91 Å². The zero-order valence-corrected chi connectivity index (χ0v) is 23.7. The minimum absolute atomic E-state index is 0.0585. The predicted molar refractivity (Wildman–Crippen MR) is 154 cm³/mol. The Morgan fingerprint density at radius 1 is 0.829 bits per heavy atom. The van der Waals surface area contributed by atoms with Gasteiger partial charge in [0.05, 0.1) is 32.8 Å². The molecule has 1 saturated heterocycles. The molecule has 1 heterocycles. The number of methoxy groups -OCH3 is 3. The van der Waals surface area contributed by atoms with Gasteiger partial charge in [-0.1, -0.05) is 60.7 Å². The van der Waals surface area contributed by atoms with Crippen molar-refractivity contribution in [1.29, 1.82) is 0 Å². The Bertz CT molecular complexity index is 1420. The highest BCUT2D eigenvalue weighted by atomic mass is 16.5. The largest absolute Gasteiger partial charge is 0.493 e. The topological polar surface area (TPSA) is 94.2 Å². The van der Waals surface area contributed by atoms with E-state index < -0.39 is 5.41 Å². The smallest absolute Gasteiger partial charge is 0.320 e. The van der Waals surface area contributed by atoms with Crippen LogP contribution in [0.25, 0.3) is 0 Å². The van der Waals surface area contributed by atoms with Crippen LogP contribution in [0, 0.1) is 0 Å². The highest BCUT2D eigenvalue weighted by molar-refractivity contribution is 5.98. The Morgan fingerprint density at radius 2 is 1.54 bits per heavy atom. The SMILES string of the molecule is COC(=O)[C@]1(c2ccccc2)CC[C@@H](C(=O)N2CCC(NC(=O)c3cccc(OC)c3OC)CC2)c2ccccc21. The number of likely N-dealkylation sites (tertiary alicyclic amines) is 1. The van der Waals surface area contributed by atoms with Crippen LogP contribution in [0.3, 0.4) is 0 Å². The summed E-state index contributed by atoms with van der Waals surface area (Å²) in [4.78, 5) is 42.2. The van der Waals surface area contributed by atoms with E-state index in [0.29, 0.717) is 55.8 Å². The van der Waals surface area contributed by atoms with Crippen LogP contribution in [-0.2, 0) is 19.7 Å². The van der Waals surface area contributed by atoms with E-state index in [4.69, 9.17) is 14.2 Å². The molecular weight excluding hydrogens is 520 g/mol. The van der Waals surface area contributed by atoms with E-state index in [1.807, 2.05) is 59.5 Å². The summed E-state index contributed by atoms with van der Waals surface area (Å²) in [6, 6.07) is 22.6. The quantitative estimate of drug-likeness (QED) is 0.432. The average molecular weight is 557 g/mol. The number of carbonyl (C=O) groups excluding carboxylic acids is 3. The second-order valence-corrected chi connectivity index (χ2v) is 10.6. The number of esters is 1. The molecule has 2 aliphatic rings. The van der Waals surface area contributed by atoms with Gasteiger partial charge in [-0.3, -0.25) is 14.4 Å². The second-order valence-electron chi connectivity index (χ2n) is 10.6. The molecule has 8 nitrogen and oxygen atoms in total. The third-order valence-electron chi connectivity index (χ3n) is 8.49. The third-order valence-corrected chi connectivity index (χ3v) is 8.49.